The fourth-order valence-corrected chi connectivity index (χ4v) is 1.91. The highest BCUT2D eigenvalue weighted by atomic mass is 35.5. The number of hydrogen-bond donors (Lipinski definition) is 1. The summed E-state index contributed by atoms with van der Waals surface area (Å²) in [5.41, 5.74) is 1.05. The van der Waals surface area contributed by atoms with Gasteiger partial charge in [-0.1, -0.05) is 39.3 Å². The summed E-state index contributed by atoms with van der Waals surface area (Å²) in [7, 11) is 0. The molecule has 0 aliphatic heterocycles. The van der Waals surface area contributed by atoms with Crippen LogP contribution < -0.4 is 10.1 Å². The van der Waals surface area contributed by atoms with Gasteiger partial charge in [0.15, 0.2) is 0 Å². The molecule has 1 aromatic rings. The van der Waals surface area contributed by atoms with Crippen molar-refractivity contribution in [2.24, 2.45) is 11.8 Å². The molecule has 108 valence electrons. The van der Waals surface area contributed by atoms with Crippen LogP contribution in [-0.2, 0) is 0 Å². The maximum Gasteiger partial charge on any atom is 0.120 e. The Bertz CT molecular complexity index is 390. The molecule has 0 spiro atoms. The zero-order chi connectivity index (χ0) is 14.4. The maximum atomic E-state index is 6.07. The van der Waals surface area contributed by atoms with Gasteiger partial charge in [-0.05, 0) is 49.1 Å². The fourth-order valence-electron chi connectivity index (χ4n) is 1.79. The van der Waals surface area contributed by atoms with Crippen molar-refractivity contribution < 1.29 is 4.74 Å². The van der Waals surface area contributed by atoms with Gasteiger partial charge >= 0.3 is 0 Å². The topological polar surface area (TPSA) is 21.3 Å². The average Bonchev–Trinajstić information content (AvgIpc) is 2.32. The molecule has 2 nitrogen and oxygen atoms in total. The average molecular weight is 284 g/mol. The van der Waals surface area contributed by atoms with Crippen molar-refractivity contribution in [2.45, 2.75) is 40.7 Å². The highest BCUT2D eigenvalue weighted by Gasteiger charge is 2.15. The van der Waals surface area contributed by atoms with Crippen LogP contribution in [0.3, 0.4) is 0 Å². The molecule has 1 rings (SSSR count). The molecule has 1 aromatic carbocycles. The predicted octanol–water partition coefficient (Wildman–Crippen LogP) is 4.30. The molecule has 0 amide bonds. The SMILES string of the molecule is Cc1cc(OC(CNCC(C)C)C(C)C)ccc1Cl. The summed E-state index contributed by atoms with van der Waals surface area (Å²) in [6, 6.07) is 5.83. The molecule has 0 heterocycles. The minimum absolute atomic E-state index is 0.180. The van der Waals surface area contributed by atoms with Crippen LogP contribution in [0.5, 0.6) is 5.75 Å². The lowest BCUT2D eigenvalue weighted by Crippen LogP contribution is -2.36. The number of hydrogen-bond acceptors (Lipinski definition) is 2. The van der Waals surface area contributed by atoms with Crippen LogP contribution >= 0.6 is 11.6 Å². The smallest absolute Gasteiger partial charge is 0.120 e. The van der Waals surface area contributed by atoms with Crippen LogP contribution in [0.2, 0.25) is 5.02 Å². The Labute approximate surface area is 122 Å². The molecule has 0 radical (unpaired) electrons. The van der Waals surface area contributed by atoms with E-state index < -0.39 is 0 Å². The second-order valence-corrected chi connectivity index (χ2v) is 6.27. The minimum atomic E-state index is 0.180. The zero-order valence-corrected chi connectivity index (χ0v) is 13.4. The Balaban J connectivity index is 2.59. The monoisotopic (exact) mass is 283 g/mol. The molecule has 3 heteroatoms. The van der Waals surface area contributed by atoms with E-state index in [0.29, 0.717) is 11.8 Å². The summed E-state index contributed by atoms with van der Waals surface area (Å²) in [6.45, 7) is 12.7. The normalized spacial score (nSPS) is 13.1. The lowest BCUT2D eigenvalue weighted by atomic mass is 10.1. The highest BCUT2D eigenvalue weighted by Crippen LogP contribution is 2.23. The summed E-state index contributed by atoms with van der Waals surface area (Å²) in [6.07, 6.45) is 0.180. The minimum Gasteiger partial charge on any atom is -0.489 e. The highest BCUT2D eigenvalue weighted by molar-refractivity contribution is 6.31. The van der Waals surface area contributed by atoms with Gasteiger partial charge in [0, 0.05) is 11.6 Å². The molecule has 19 heavy (non-hydrogen) atoms. The molecule has 0 saturated heterocycles. The van der Waals surface area contributed by atoms with Gasteiger partial charge in [0.05, 0.1) is 0 Å². The third kappa shape index (κ3) is 5.84. The van der Waals surface area contributed by atoms with E-state index in [1.807, 2.05) is 25.1 Å². The van der Waals surface area contributed by atoms with E-state index in [4.69, 9.17) is 16.3 Å². The molecular formula is C16H26ClNO. The first kappa shape index (κ1) is 16.3. The molecule has 0 fully saturated rings. The zero-order valence-electron chi connectivity index (χ0n) is 12.7. The molecule has 0 aliphatic carbocycles. The van der Waals surface area contributed by atoms with Gasteiger partial charge < -0.3 is 10.1 Å². The first-order valence-electron chi connectivity index (χ1n) is 7.03. The van der Waals surface area contributed by atoms with Crippen molar-refractivity contribution in [3.63, 3.8) is 0 Å². The molecule has 1 N–H and O–H groups in total. The van der Waals surface area contributed by atoms with E-state index >= 15 is 0 Å². The van der Waals surface area contributed by atoms with Gasteiger partial charge in [-0.15, -0.1) is 0 Å². The summed E-state index contributed by atoms with van der Waals surface area (Å²) >= 11 is 6.03. The molecule has 1 atom stereocenters. The van der Waals surface area contributed by atoms with Crippen LogP contribution in [0.15, 0.2) is 18.2 Å². The number of rotatable bonds is 7. The molecule has 1 unspecified atom stereocenters. The maximum absolute atomic E-state index is 6.07. The Morgan fingerprint density at radius 2 is 1.84 bits per heavy atom. The van der Waals surface area contributed by atoms with Crippen LogP contribution in [0.1, 0.15) is 33.3 Å². The molecular weight excluding hydrogens is 258 g/mol. The second kappa shape index (κ2) is 7.76. The number of halogens is 1. The molecule has 0 bridgehead atoms. The summed E-state index contributed by atoms with van der Waals surface area (Å²) in [4.78, 5) is 0. The van der Waals surface area contributed by atoms with E-state index in [0.717, 1.165) is 29.4 Å². The van der Waals surface area contributed by atoms with Gasteiger partial charge in [-0.2, -0.15) is 0 Å². The van der Waals surface area contributed by atoms with Crippen LogP contribution in [0.4, 0.5) is 0 Å². The Morgan fingerprint density at radius 3 is 2.37 bits per heavy atom. The molecule has 0 aromatic heterocycles. The van der Waals surface area contributed by atoms with Gasteiger partial charge in [-0.25, -0.2) is 0 Å². The van der Waals surface area contributed by atoms with Crippen LogP contribution in [0, 0.1) is 18.8 Å². The van der Waals surface area contributed by atoms with E-state index in [1.54, 1.807) is 0 Å². The van der Waals surface area contributed by atoms with Crippen molar-refractivity contribution in [3.05, 3.63) is 28.8 Å². The molecule has 0 saturated carbocycles. The van der Waals surface area contributed by atoms with Gasteiger partial charge in [-0.3, -0.25) is 0 Å². The summed E-state index contributed by atoms with van der Waals surface area (Å²) in [5.74, 6) is 2.02. The van der Waals surface area contributed by atoms with Crippen LogP contribution in [0.25, 0.3) is 0 Å². The van der Waals surface area contributed by atoms with Gasteiger partial charge in [0.1, 0.15) is 11.9 Å². The lowest BCUT2D eigenvalue weighted by Gasteiger charge is -2.24. The first-order valence-corrected chi connectivity index (χ1v) is 7.41. The Hall–Kier alpha value is -0.730. The van der Waals surface area contributed by atoms with Crippen molar-refractivity contribution in [2.75, 3.05) is 13.1 Å². The largest absolute Gasteiger partial charge is 0.489 e. The number of benzene rings is 1. The number of ether oxygens (including phenoxy) is 1. The van der Waals surface area contributed by atoms with E-state index in [2.05, 4.69) is 33.0 Å². The van der Waals surface area contributed by atoms with Crippen molar-refractivity contribution >= 4 is 11.6 Å². The standard InChI is InChI=1S/C16H26ClNO/c1-11(2)9-18-10-16(12(3)4)19-14-6-7-15(17)13(5)8-14/h6-8,11-12,16,18H,9-10H2,1-5H3. The summed E-state index contributed by atoms with van der Waals surface area (Å²) in [5, 5.41) is 4.25. The van der Waals surface area contributed by atoms with E-state index in [1.165, 1.54) is 0 Å². The summed E-state index contributed by atoms with van der Waals surface area (Å²) < 4.78 is 6.07. The van der Waals surface area contributed by atoms with Crippen molar-refractivity contribution in [1.82, 2.24) is 5.32 Å². The van der Waals surface area contributed by atoms with Gasteiger partial charge in [0.2, 0.25) is 0 Å². The van der Waals surface area contributed by atoms with E-state index in [-0.39, 0.29) is 6.10 Å². The Morgan fingerprint density at radius 1 is 1.16 bits per heavy atom. The third-order valence-corrected chi connectivity index (χ3v) is 3.48. The fraction of sp³-hybridized carbons (Fsp3) is 0.625. The predicted molar refractivity (Wildman–Crippen MR) is 83.2 cm³/mol. The third-order valence-electron chi connectivity index (χ3n) is 3.06. The number of aryl methyl sites for hydroxylation is 1. The number of nitrogens with one attached hydrogen (secondary N) is 1. The van der Waals surface area contributed by atoms with Crippen molar-refractivity contribution in [3.8, 4) is 5.75 Å². The molecule has 0 aliphatic rings. The second-order valence-electron chi connectivity index (χ2n) is 5.86. The van der Waals surface area contributed by atoms with E-state index in [9.17, 15) is 0 Å². The van der Waals surface area contributed by atoms with Gasteiger partial charge in [0.25, 0.3) is 0 Å². The van der Waals surface area contributed by atoms with Crippen LogP contribution in [-0.4, -0.2) is 19.2 Å². The first-order chi connectivity index (χ1) is 8.90. The van der Waals surface area contributed by atoms with Crippen molar-refractivity contribution in [1.29, 1.82) is 0 Å². The quantitative estimate of drug-likeness (QED) is 0.806. The lowest BCUT2D eigenvalue weighted by molar-refractivity contribution is 0.148. The Kier molecular flexibility index (Phi) is 6.67.